The van der Waals surface area contributed by atoms with E-state index in [9.17, 15) is 9.18 Å². The van der Waals surface area contributed by atoms with Crippen LogP contribution in [0.2, 0.25) is 0 Å². The second kappa shape index (κ2) is 13.1. The molecule has 2 aromatic heterocycles. The number of benzene rings is 2. The number of nitrogens with one attached hydrogen (secondary N) is 1. The number of halogens is 1. The van der Waals surface area contributed by atoms with Crippen LogP contribution in [0.1, 0.15) is 39.5 Å². The lowest BCUT2D eigenvalue weighted by atomic mass is 10.2. The molecule has 39 heavy (non-hydrogen) atoms. The van der Waals surface area contributed by atoms with Gasteiger partial charge >= 0.3 is 5.97 Å². The lowest BCUT2D eigenvalue weighted by Gasteiger charge is -2.26. The molecule has 10 heteroatoms. The van der Waals surface area contributed by atoms with Gasteiger partial charge in [0.25, 0.3) is 0 Å². The molecule has 0 spiro atoms. The molecule has 0 aliphatic rings. The predicted molar refractivity (Wildman–Crippen MR) is 150 cm³/mol. The number of hydrogen-bond acceptors (Lipinski definition) is 7. The van der Waals surface area contributed by atoms with E-state index >= 15 is 0 Å². The summed E-state index contributed by atoms with van der Waals surface area (Å²) in [4.78, 5) is 22.2. The van der Waals surface area contributed by atoms with Crippen LogP contribution in [0.25, 0.3) is 22.3 Å². The Balaban J connectivity index is 1.57. The third-order valence-electron chi connectivity index (χ3n) is 6.34. The number of hydrogen-bond donors (Lipinski definition) is 2. The molecule has 0 unspecified atom stereocenters. The number of unbranched alkanes of at least 4 members (excludes halogenated alkanes) is 2. The van der Waals surface area contributed by atoms with Crippen LogP contribution in [0.3, 0.4) is 0 Å². The maximum Gasteiger partial charge on any atom is 0.303 e. The topological polar surface area (TPSA) is 105 Å². The SMILES string of the molecule is COc1cc(F)cc(N(CCNC(C)C)c2ccc3ncc(-c4cnn(CCCCCC(=O)O)c4)nc3c2)c1. The number of aromatic nitrogens is 4. The predicted octanol–water partition coefficient (Wildman–Crippen LogP) is 5.42. The average molecular weight is 535 g/mol. The molecule has 0 saturated heterocycles. The number of carbonyl (C=O) groups is 1. The van der Waals surface area contributed by atoms with Crippen molar-refractivity contribution in [3.8, 4) is 17.0 Å². The van der Waals surface area contributed by atoms with E-state index in [1.54, 1.807) is 12.4 Å². The van der Waals surface area contributed by atoms with E-state index in [-0.39, 0.29) is 12.2 Å². The number of fused-ring (bicyclic) bond motifs is 1. The Hall–Kier alpha value is -4.05. The zero-order valence-corrected chi connectivity index (χ0v) is 22.6. The van der Waals surface area contributed by atoms with E-state index in [1.165, 1.54) is 19.2 Å². The normalized spacial score (nSPS) is 11.3. The molecule has 9 nitrogen and oxygen atoms in total. The smallest absolute Gasteiger partial charge is 0.303 e. The van der Waals surface area contributed by atoms with Gasteiger partial charge in [0, 0.05) is 67.4 Å². The van der Waals surface area contributed by atoms with E-state index in [4.69, 9.17) is 14.8 Å². The molecule has 0 fully saturated rings. The summed E-state index contributed by atoms with van der Waals surface area (Å²) in [6.45, 7) is 6.20. The monoisotopic (exact) mass is 534 g/mol. The number of anilines is 2. The molecule has 0 radical (unpaired) electrons. The van der Waals surface area contributed by atoms with Crippen LogP contribution in [0.15, 0.2) is 55.0 Å². The highest BCUT2D eigenvalue weighted by Crippen LogP contribution is 2.31. The summed E-state index contributed by atoms with van der Waals surface area (Å²) in [6, 6.07) is 10.9. The van der Waals surface area contributed by atoms with Crippen LogP contribution in [-0.4, -0.2) is 57.1 Å². The Morgan fingerprint density at radius 3 is 2.72 bits per heavy atom. The van der Waals surface area contributed by atoms with Crippen molar-refractivity contribution in [2.75, 3.05) is 25.1 Å². The number of ether oxygens (including phenoxy) is 1. The van der Waals surface area contributed by atoms with Gasteiger partial charge in [0.1, 0.15) is 11.6 Å². The highest BCUT2D eigenvalue weighted by atomic mass is 19.1. The Morgan fingerprint density at radius 2 is 1.95 bits per heavy atom. The van der Waals surface area contributed by atoms with Crippen molar-refractivity contribution >= 4 is 28.4 Å². The second-order valence-electron chi connectivity index (χ2n) is 9.73. The molecule has 0 atom stereocenters. The molecule has 0 bridgehead atoms. The Kier molecular flexibility index (Phi) is 9.43. The number of aryl methyl sites for hydroxylation is 1. The fourth-order valence-corrected chi connectivity index (χ4v) is 4.35. The number of aliphatic carboxylic acids is 1. The molecule has 0 aliphatic heterocycles. The van der Waals surface area contributed by atoms with Gasteiger partial charge in [-0.25, -0.2) is 9.37 Å². The van der Waals surface area contributed by atoms with Crippen molar-refractivity contribution < 1.29 is 19.0 Å². The molecule has 4 aromatic rings. The summed E-state index contributed by atoms with van der Waals surface area (Å²) in [5, 5.41) is 16.6. The van der Waals surface area contributed by atoms with E-state index in [1.807, 2.05) is 40.0 Å². The molecular weight excluding hydrogens is 499 g/mol. The van der Waals surface area contributed by atoms with Crippen LogP contribution in [0.4, 0.5) is 15.8 Å². The Labute approximate surface area is 227 Å². The summed E-state index contributed by atoms with van der Waals surface area (Å²) >= 11 is 0. The van der Waals surface area contributed by atoms with Crippen LogP contribution in [0, 0.1) is 5.82 Å². The highest BCUT2D eigenvalue weighted by Gasteiger charge is 2.15. The molecule has 0 saturated carbocycles. The van der Waals surface area contributed by atoms with Crippen LogP contribution < -0.4 is 15.0 Å². The first kappa shape index (κ1) is 28.0. The molecule has 0 amide bonds. The van der Waals surface area contributed by atoms with Crippen molar-refractivity contribution in [1.82, 2.24) is 25.1 Å². The fraction of sp³-hybridized carbons (Fsp3) is 0.379. The zero-order chi connectivity index (χ0) is 27.8. The van der Waals surface area contributed by atoms with Crippen molar-refractivity contribution in [2.45, 2.75) is 52.1 Å². The summed E-state index contributed by atoms with van der Waals surface area (Å²) in [6.07, 6.45) is 7.97. The number of nitrogens with zero attached hydrogens (tertiary/aromatic N) is 5. The molecular formula is C29H35FN6O3. The van der Waals surface area contributed by atoms with E-state index < -0.39 is 5.97 Å². The first-order valence-corrected chi connectivity index (χ1v) is 13.2. The molecule has 2 aromatic carbocycles. The fourth-order valence-electron chi connectivity index (χ4n) is 4.35. The van der Waals surface area contributed by atoms with Gasteiger partial charge < -0.3 is 20.1 Å². The number of rotatable bonds is 14. The molecule has 2 heterocycles. The third kappa shape index (κ3) is 7.73. The maximum atomic E-state index is 14.4. The highest BCUT2D eigenvalue weighted by molar-refractivity contribution is 5.82. The van der Waals surface area contributed by atoms with Gasteiger partial charge in [-0.1, -0.05) is 20.3 Å². The van der Waals surface area contributed by atoms with Crippen molar-refractivity contribution in [3.63, 3.8) is 0 Å². The van der Waals surface area contributed by atoms with Crippen molar-refractivity contribution in [3.05, 3.63) is 60.8 Å². The quantitative estimate of drug-likeness (QED) is 0.207. The van der Waals surface area contributed by atoms with E-state index in [0.29, 0.717) is 49.2 Å². The number of carboxylic acid groups (broad SMARTS) is 1. The minimum Gasteiger partial charge on any atom is -0.497 e. The van der Waals surface area contributed by atoms with E-state index in [0.717, 1.165) is 35.1 Å². The summed E-state index contributed by atoms with van der Waals surface area (Å²) < 4.78 is 21.6. The van der Waals surface area contributed by atoms with Crippen molar-refractivity contribution in [2.24, 2.45) is 0 Å². The second-order valence-corrected chi connectivity index (χ2v) is 9.73. The van der Waals surface area contributed by atoms with Crippen LogP contribution >= 0.6 is 0 Å². The van der Waals surface area contributed by atoms with Crippen LogP contribution in [0.5, 0.6) is 5.75 Å². The lowest BCUT2D eigenvalue weighted by Crippen LogP contribution is -2.32. The van der Waals surface area contributed by atoms with Gasteiger partial charge in [0.05, 0.1) is 36.2 Å². The third-order valence-corrected chi connectivity index (χ3v) is 6.34. The molecule has 4 rings (SSSR count). The van der Waals surface area contributed by atoms with Gasteiger partial charge in [-0.2, -0.15) is 5.10 Å². The first-order valence-electron chi connectivity index (χ1n) is 13.2. The summed E-state index contributed by atoms with van der Waals surface area (Å²) in [5.74, 6) is -0.679. The first-order chi connectivity index (χ1) is 18.8. The summed E-state index contributed by atoms with van der Waals surface area (Å²) in [7, 11) is 1.53. The minimum absolute atomic E-state index is 0.192. The van der Waals surface area contributed by atoms with Gasteiger partial charge in [0.2, 0.25) is 0 Å². The van der Waals surface area contributed by atoms with Gasteiger partial charge in [0.15, 0.2) is 0 Å². The Bertz CT molecular complexity index is 1410. The van der Waals surface area contributed by atoms with Gasteiger partial charge in [-0.15, -0.1) is 0 Å². The van der Waals surface area contributed by atoms with Crippen LogP contribution in [-0.2, 0) is 11.3 Å². The maximum absolute atomic E-state index is 14.4. The zero-order valence-electron chi connectivity index (χ0n) is 22.6. The lowest BCUT2D eigenvalue weighted by molar-refractivity contribution is -0.137. The minimum atomic E-state index is -0.764. The van der Waals surface area contributed by atoms with Crippen molar-refractivity contribution in [1.29, 1.82) is 0 Å². The average Bonchev–Trinajstić information content (AvgIpc) is 3.38. The molecule has 2 N–H and O–H groups in total. The standard InChI is InChI=1S/C29H35FN6O3/c1-20(2)31-10-12-36(24-13-22(30)14-25(15-24)39-3)23-8-9-26-27(16-23)34-28(18-32-26)21-17-33-35(19-21)11-6-4-5-7-29(37)38/h8-9,13-20,31H,4-7,10-12H2,1-3H3,(H,37,38). The Morgan fingerprint density at radius 1 is 1.10 bits per heavy atom. The largest absolute Gasteiger partial charge is 0.497 e. The van der Waals surface area contributed by atoms with Gasteiger partial charge in [-0.3, -0.25) is 14.5 Å². The molecule has 206 valence electrons. The number of carboxylic acids is 1. The number of methoxy groups -OCH3 is 1. The summed E-state index contributed by atoms with van der Waals surface area (Å²) in [5.41, 5.74) is 4.59. The molecule has 0 aliphatic carbocycles. The van der Waals surface area contributed by atoms with Gasteiger partial charge in [-0.05, 0) is 37.1 Å². The van der Waals surface area contributed by atoms with E-state index in [2.05, 4.69) is 29.2 Å².